The van der Waals surface area contributed by atoms with Gasteiger partial charge in [0.1, 0.15) is 0 Å². The number of benzene rings is 1. The lowest BCUT2D eigenvalue weighted by molar-refractivity contribution is 0.595. The topological polar surface area (TPSA) is 64.0 Å². The van der Waals surface area contributed by atoms with Crippen LogP contribution in [0.1, 0.15) is 24.6 Å². The molecule has 6 heteroatoms. The summed E-state index contributed by atoms with van der Waals surface area (Å²) < 4.78 is 25.7. The maximum absolute atomic E-state index is 11.9. The quantitative estimate of drug-likeness (QED) is 0.890. The predicted octanol–water partition coefficient (Wildman–Crippen LogP) is 2.52. The van der Waals surface area contributed by atoms with E-state index in [0.29, 0.717) is 17.9 Å². The van der Waals surface area contributed by atoms with Gasteiger partial charge in [-0.05, 0) is 37.6 Å². The molecule has 0 radical (unpaired) electrons. The van der Waals surface area contributed by atoms with Crippen molar-refractivity contribution >= 4 is 15.5 Å². The lowest BCUT2D eigenvalue weighted by Crippen LogP contribution is -2.06. The van der Waals surface area contributed by atoms with Gasteiger partial charge in [-0.15, -0.1) is 0 Å². The Morgan fingerprint density at radius 1 is 1.24 bits per heavy atom. The molecule has 1 aromatic carbocycles. The first-order chi connectivity index (χ1) is 9.92. The molecule has 0 saturated carbocycles. The van der Waals surface area contributed by atoms with Gasteiger partial charge in [-0.1, -0.05) is 6.92 Å². The minimum atomic E-state index is -3.14. The first kappa shape index (κ1) is 15.6. The van der Waals surface area contributed by atoms with Crippen LogP contribution in [0.5, 0.6) is 0 Å². The second kappa shape index (κ2) is 6.30. The van der Waals surface area contributed by atoms with E-state index in [1.54, 1.807) is 28.9 Å². The predicted molar refractivity (Wildman–Crippen MR) is 84.1 cm³/mol. The summed E-state index contributed by atoms with van der Waals surface area (Å²) >= 11 is 0. The summed E-state index contributed by atoms with van der Waals surface area (Å²) in [5, 5.41) is 7.57. The second-order valence-electron chi connectivity index (χ2n) is 5.11. The zero-order chi connectivity index (χ0) is 15.5. The van der Waals surface area contributed by atoms with E-state index in [1.165, 1.54) is 0 Å². The van der Waals surface area contributed by atoms with Gasteiger partial charge in [0.2, 0.25) is 0 Å². The third-order valence-electron chi connectivity index (χ3n) is 3.28. The standard InChI is InChI=1S/C15H21N3O2S/c1-4-9-21(19,20)15-7-5-14(6-8-15)16-10-13-11-18(3)17-12(13)2/h5-8,11,16H,4,9-10H2,1-3H3. The van der Waals surface area contributed by atoms with E-state index >= 15 is 0 Å². The van der Waals surface area contributed by atoms with Crippen molar-refractivity contribution in [3.63, 3.8) is 0 Å². The number of nitrogens with one attached hydrogen (secondary N) is 1. The monoisotopic (exact) mass is 307 g/mol. The Balaban J connectivity index is 2.05. The highest BCUT2D eigenvalue weighted by Gasteiger charge is 2.12. The molecule has 0 spiro atoms. The second-order valence-corrected chi connectivity index (χ2v) is 7.22. The Labute approximate surface area is 125 Å². The smallest absolute Gasteiger partial charge is 0.178 e. The molecule has 0 aliphatic rings. The van der Waals surface area contributed by atoms with Crippen LogP contribution < -0.4 is 5.32 Å². The Morgan fingerprint density at radius 2 is 1.90 bits per heavy atom. The Bertz CT molecular complexity index is 703. The normalized spacial score (nSPS) is 11.6. The summed E-state index contributed by atoms with van der Waals surface area (Å²) in [5.74, 6) is 0.189. The van der Waals surface area contributed by atoms with E-state index in [0.717, 1.165) is 16.9 Å². The zero-order valence-electron chi connectivity index (χ0n) is 12.6. The maximum Gasteiger partial charge on any atom is 0.178 e. The number of rotatable bonds is 6. The molecule has 0 unspecified atom stereocenters. The third kappa shape index (κ3) is 3.85. The molecular weight excluding hydrogens is 286 g/mol. The summed E-state index contributed by atoms with van der Waals surface area (Å²) in [7, 11) is -1.25. The van der Waals surface area contributed by atoms with Gasteiger partial charge in [0, 0.05) is 31.0 Å². The zero-order valence-corrected chi connectivity index (χ0v) is 13.4. The molecule has 2 aromatic rings. The number of aryl methyl sites for hydroxylation is 2. The molecule has 114 valence electrons. The van der Waals surface area contributed by atoms with E-state index in [2.05, 4.69) is 10.4 Å². The average Bonchev–Trinajstić information content (AvgIpc) is 2.75. The van der Waals surface area contributed by atoms with Crippen molar-refractivity contribution in [2.45, 2.75) is 31.7 Å². The van der Waals surface area contributed by atoms with Crippen molar-refractivity contribution in [1.82, 2.24) is 9.78 Å². The van der Waals surface area contributed by atoms with Crippen molar-refractivity contribution < 1.29 is 8.42 Å². The number of nitrogens with zero attached hydrogens (tertiary/aromatic N) is 2. The number of hydrogen-bond donors (Lipinski definition) is 1. The summed E-state index contributed by atoms with van der Waals surface area (Å²) in [6.45, 7) is 4.50. The van der Waals surface area contributed by atoms with Gasteiger partial charge in [0.05, 0.1) is 16.3 Å². The van der Waals surface area contributed by atoms with Crippen molar-refractivity contribution in [2.75, 3.05) is 11.1 Å². The summed E-state index contributed by atoms with van der Waals surface area (Å²) in [6.07, 6.45) is 2.60. The highest BCUT2D eigenvalue weighted by molar-refractivity contribution is 7.91. The van der Waals surface area contributed by atoms with Crippen molar-refractivity contribution in [2.24, 2.45) is 7.05 Å². The van der Waals surface area contributed by atoms with E-state index < -0.39 is 9.84 Å². The molecule has 5 nitrogen and oxygen atoms in total. The lowest BCUT2D eigenvalue weighted by atomic mass is 10.2. The number of sulfone groups is 1. The number of aromatic nitrogens is 2. The molecule has 0 amide bonds. The minimum absolute atomic E-state index is 0.189. The average molecular weight is 307 g/mol. The van der Waals surface area contributed by atoms with Gasteiger partial charge >= 0.3 is 0 Å². The van der Waals surface area contributed by atoms with Gasteiger partial charge < -0.3 is 5.32 Å². The van der Waals surface area contributed by atoms with Gasteiger partial charge in [0.15, 0.2) is 9.84 Å². The molecule has 1 aromatic heterocycles. The number of anilines is 1. The van der Waals surface area contributed by atoms with Gasteiger partial charge in [-0.2, -0.15) is 5.10 Å². The lowest BCUT2D eigenvalue weighted by Gasteiger charge is -2.07. The Kier molecular flexibility index (Phi) is 4.67. The van der Waals surface area contributed by atoms with Crippen LogP contribution >= 0.6 is 0 Å². The van der Waals surface area contributed by atoms with E-state index in [4.69, 9.17) is 0 Å². The van der Waals surface area contributed by atoms with Gasteiger partial charge in [-0.3, -0.25) is 4.68 Å². The van der Waals surface area contributed by atoms with Gasteiger partial charge in [0.25, 0.3) is 0 Å². The highest BCUT2D eigenvalue weighted by Crippen LogP contribution is 2.17. The summed E-state index contributed by atoms with van der Waals surface area (Å²) in [5.41, 5.74) is 3.01. The van der Waals surface area contributed by atoms with Crippen molar-refractivity contribution in [3.05, 3.63) is 41.7 Å². The first-order valence-corrected chi connectivity index (χ1v) is 8.63. The fourth-order valence-corrected chi connectivity index (χ4v) is 3.51. The van der Waals surface area contributed by atoms with Crippen LogP contribution in [-0.2, 0) is 23.4 Å². The Morgan fingerprint density at radius 3 is 2.43 bits per heavy atom. The molecule has 0 aliphatic carbocycles. The first-order valence-electron chi connectivity index (χ1n) is 6.98. The Hall–Kier alpha value is -1.82. The minimum Gasteiger partial charge on any atom is -0.381 e. The van der Waals surface area contributed by atoms with Crippen LogP contribution in [-0.4, -0.2) is 24.0 Å². The van der Waals surface area contributed by atoms with E-state index in [9.17, 15) is 8.42 Å². The van der Waals surface area contributed by atoms with E-state index in [1.807, 2.05) is 27.1 Å². The molecule has 1 N–H and O–H groups in total. The summed E-state index contributed by atoms with van der Waals surface area (Å²) in [6, 6.07) is 6.91. The fraction of sp³-hybridized carbons (Fsp3) is 0.400. The SMILES string of the molecule is CCCS(=O)(=O)c1ccc(NCc2cn(C)nc2C)cc1. The molecule has 0 fully saturated rings. The highest BCUT2D eigenvalue weighted by atomic mass is 32.2. The van der Waals surface area contributed by atoms with Crippen LogP contribution in [0.15, 0.2) is 35.4 Å². The third-order valence-corrected chi connectivity index (χ3v) is 5.22. The number of hydrogen-bond acceptors (Lipinski definition) is 4. The van der Waals surface area contributed by atoms with Crippen LogP contribution in [0.3, 0.4) is 0 Å². The van der Waals surface area contributed by atoms with Crippen molar-refractivity contribution in [3.8, 4) is 0 Å². The van der Waals surface area contributed by atoms with Crippen molar-refractivity contribution in [1.29, 1.82) is 0 Å². The molecule has 2 rings (SSSR count). The molecule has 21 heavy (non-hydrogen) atoms. The van der Waals surface area contributed by atoms with Crippen LogP contribution in [0, 0.1) is 6.92 Å². The molecule has 0 atom stereocenters. The molecular formula is C15H21N3O2S. The van der Waals surface area contributed by atoms with Crippen LogP contribution in [0.2, 0.25) is 0 Å². The van der Waals surface area contributed by atoms with Gasteiger partial charge in [-0.25, -0.2) is 8.42 Å². The molecule has 0 aliphatic heterocycles. The molecule has 1 heterocycles. The van der Waals surface area contributed by atoms with E-state index in [-0.39, 0.29) is 5.75 Å². The molecule has 0 saturated heterocycles. The van der Waals surface area contributed by atoms with Crippen LogP contribution in [0.4, 0.5) is 5.69 Å². The maximum atomic E-state index is 11.9. The fourth-order valence-electron chi connectivity index (χ4n) is 2.19. The molecule has 0 bridgehead atoms. The largest absolute Gasteiger partial charge is 0.381 e. The van der Waals surface area contributed by atoms with Crippen LogP contribution in [0.25, 0.3) is 0 Å². The summed E-state index contributed by atoms with van der Waals surface area (Å²) in [4.78, 5) is 0.382.